The third-order valence-corrected chi connectivity index (χ3v) is 4.56. The summed E-state index contributed by atoms with van der Waals surface area (Å²) in [6.45, 7) is 8.21. The predicted molar refractivity (Wildman–Crippen MR) is 92.5 cm³/mol. The van der Waals surface area contributed by atoms with Gasteiger partial charge in [-0.1, -0.05) is 31.8 Å². The monoisotopic (exact) mass is 321 g/mol. The maximum atomic E-state index is 5.12. The van der Waals surface area contributed by atoms with Crippen LogP contribution in [-0.4, -0.2) is 36.2 Å². The summed E-state index contributed by atoms with van der Waals surface area (Å²) in [5, 5.41) is 10.7. The molecule has 1 aromatic rings. The molecule has 0 aliphatic heterocycles. The lowest BCUT2D eigenvalue weighted by atomic mass is 9.78. The van der Waals surface area contributed by atoms with Crippen molar-refractivity contribution in [2.75, 3.05) is 20.1 Å². The van der Waals surface area contributed by atoms with Crippen LogP contribution in [0.3, 0.4) is 0 Å². The van der Waals surface area contributed by atoms with Crippen LogP contribution >= 0.6 is 0 Å². The number of hydrogen-bond acceptors (Lipinski definition) is 4. The van der Waals surface area contributed by atoms with Gasteiger partial charge >= 0.3 is 0 Å². The molecule has 1 aromatic heterocycles. The molecule has 0 unspecified atom stereocenters. The molecule has 1 fully saturated rings. The smallest absolute Gasteiger partial charge is 0.228 e. The quantitative estimate of drug-likeness (QED) is 0.596. The summed E-state index contributed by atoms with van der Waals surface area (Å²) in [5.41, 5.74) is 0.440. The van der Waals surface area contributed by atoms with Crippen molar-refractivity contribution in [3.8, 4) is 0 Å². The lowest BCUT2D eigenvalue weighted by Gasteiger charge is -2.31. The predicted octanol–water partition coefficient (Wildman–Crippen LogP) is 2.69. The van der Waals surface area contributed by atoms with Crippen molar-refractivity contribution in [2.45, 2.75) is 59.3 Å². The maximum Gasteiger partial charge on any atom is 0.228 e. The van der Waals surface area contributed by atoms with E-state index in [4.69, 9.17) is 4.52 Å². The van der Waals surface area contributed by atoms with Gasteiger partial charge in [0.15, 0.2) is 11.8 Å². The van der Waals surface area contributed by atoms with Crippen molar-refractivity contribution in [3.63, 3.8) is 0 Å². The minimum absolute atomic E-state index is 0.440. The van der Waals surface area contributed by atoms with Gasteiger partial charge in [0, 0.05) is 26.6 Å². The molecule has 0 bridgehead atoms. The number of aliphatic imine (C=N–C) groups is 1. The van der Waals surface area contributed by atoms with E-state index in [0.717, 1.165) is 25.0 Å². The number of guanidine groups is 1. The van der Waals surface area contributed by atoms with E-state index in [0.29, 0.717) is 23.6 Å². The highest BCUT2D eigenvalue weighted by Crippen LogP contribution is 2.42. The Kier molecular flexibility index (Phi) is 6.42. The average Bonchev–Trinajstić information content (AvgIpc) is 3.12. The third kappa shape index (κ3) is 5.52. The molecule has 6 heteroatoms. The third-order valence-electron chi connectivity index (χ3n) is 4.56. The Morgan fingerprint density at radius 1 is 1.30 bits per heavy atom. The number of hydrogen-bond donors (Lipinski definition) is 2. The Morgan fingerprint density at radius 3 is 2.61 bits per heavy atom. The number of nitrogens with one attached hydrogen (secondary N) is 2. The fourth-order valence-corrected chi connectivity index (χ4v) is 3.67. The van der Waals surface area contributed by atoms with E-state index in [1.54, 1.807) is 0 Å². The van der Waals surface area contributed by atoms with Crippen molar-refractivity contribution < 1.29 is 4.52 Å². The van der Waals surface area contributed by atoms with Crippen LogP contribution in [0.4, 0.5) is 0 Å². The fraction of sp³-hybridized carbons (Fsp3) is 0.824. The van der Waals surface area contributed by atoms with Crippen molar-refractivity contribution in [3.05, 3.63) is 11.7 Å². The minimum Gasteiger partial charge on any atom is -0.356 e. The molecule has 6 nitrogen and oxygen atoms in total. The zero-order chi connectivity index (χ0) is 16.7. The van der Waals surface area contributed by atoms with E-state index in [1.165, 1.54) is 32.1 Å². The standard InChI is InChI=1S/C17H31N5O/c1-13(2)11-17(8-5-6-9-17)12-20-16(18-4)19-10-7-15-21-14(3)22-23-15/h13H,5-12H2,1-4H3,(H2,18,19,20). The lowest BCUT2D eigenvalue weighted by Crippen LogP contribution is -2.44. The molecule has 2 N–H and O–H groups in total. The first-order chi connectivity index (χ1) is 11.0. The van der Waals surface area contributed by atoms with Crippen LogP contribution in [0.25, 0.3) is 0 Å². The van der Waals surface area contributed by atoms with Gasteiger partial charge in [0.2, 0.25) is 5.89 Å². The molecule has 0 spiro atoms. The van der Waals surface area contributed by atoms with Gasteiger partial charge in [0.1, 0.15) is 0 Å². The highest BCUT2D eigenvalue weighted by molar-refractivity contribution is 5.79. The molecule has 0 radical (unpaired) electrons. The molecule has 1 saturated carbocycles. The number of nitrogens with zero attached hydrogens (tertiary/aromatic N) is 3. The van der Waals surface area contributed by atoms with Crippen molar-refractivity contribution in [1.82, 2.24) is 20.8 Å². The first kappa shape index (κ1) is 17.8. The second kappa shape index (κ2) is 8.31. The van der Waals surface area contributed by atoms with E-state index in [9.17, 15) is 0 Å². The second-order valence-electron chi connectivity index (χ2n) is 7.14. The Labute approximate surface area is 139 Å². The van der Waals surface area contributed by atoms with Crippen LogP contribution < -0.4 is 10.6 Å². The summed E-state index contributed by atoms with van der Waals surface area (Å²) in [6, 6.07) is 0. The largest absolute Gasteiger partial charge is 0.356 e. The van der Waals surface area contributed by atoms with Crippen LogP contribution in [-0.2, 0) is 6.42 Å². The van der Waals surface area contributed by atoms with Gasteiger partial charge in [-0.05, 0) is 37.5 Å². The topological polar surface area (TPSA) is 75.3 Å². The van der Waals surface area contributed by atoms with E-state index < -0.39 is 0 Å². The highest BCUT2D eigenvalue weighted by Gasteiger charge is 2.34. The fourth-order valence-electron chi connectivity index (χ4n) is 3.67. The summed E-state index contributed by atoms with van der Waals surface area (Å²) >= 11 is 0. The van der Waals surface area contributed by atoms with Crippen LogP contribution in [0.15, 0.2) is 9.52 Å². The lowest BCUT2D eigenvalue weighted by molar-refractivity contribution is 0.235. The number of rotatable bonds is 7. The molecule has 1 aliphatic carbocycles. The summed E-state index contributed by atoms with van der Waals surface area (Å²) < 4.78 is 5.12. The SMILES string of the molecule is CN=C(NCCc1nc(C)no1)NCC1(CC(C)C)CCCC1. The van der Waals surface area contributed by atoms with Crippen LogP contribution in [0, 0.1) is 18.3 Å². The summed E-state index contributed by atoms with van der Waals surface area (Å²) in [5.74, 6) is 2.94. The van der Waals surface area contributed by atoms with Crippen molar-refractivity contribution >= 4 is 5.96 Å². The van der Waals surface area contributed by atoms with Crippen LogP contribution in [0.5, 0.6) is 0 Å². The summed E-state index contributed by atoms with van der Waals surface area (Å²) in [7, 11) is 1.82. The Hall–Kier alpha value is -1.59. The van der Waals surface area contributed by atoms with Crippen LogP contribution in [0.1, 0.15) is 57.7 Å². The molecule has 23 heavy (non-hydrogen) atoms. The van der Waals surface area contributed by atoms with E-state index >= 15 is 0 Å². The zero-order valence-corrected chi connectivity index (χ0v) is 15.0. The van der Waals surface area contributed by atoms with Gasteiger partial charge in [-0.2, -0.15) is 4.98 Å². The van der Waals surface area contributed by atoms with Crippen LogP contribution in [0.2, 0.25) is 0 Å². The molecule has 130 valence electrons. The Bertz CT molecular complexity index is 503. The molecule has 0 aromatic carbocycles. The number of aryl methyl sites for hydroxylation is 1. The summed E-state index contributed by atoms with van der Waals surface area (Å²) in [4.78, 5) is 8.53. The number of aromatic nitrogens is 2. The van der Waals surface area contributed by atoms with E-state index in [1.807, 2.05) is 14.0 Å². The molecule has 0 amide bonds. The van der Waals surface area contributed by atoms with Gasteiger partial charge in [0.05, 0.1) is 0 Å². The van der Waals surface area contributed by atoms with Gasteiger partial charge < -0.3 is 15.2 Å². The molecule has 0 atom stereocenters. The molecule has 1 aliphatic rings. The first-order valence-electron chi connectivity index (χ1n) is 8.77. The van der Waals surface area contributed by atoms with Crippen molar-refractivity contribution in [2.24, 2.45) is 16.3 Å². The second-order valence-corrected chi connectivity index (χ2v) is 7.14. The van der Waals surface area contributed by atoms with Gasteiger partial charge in [-0.25, -0.2) is 0 Å². The minimum atomic E-state index is 0.440. The molecule has 0 saturated heterocycles. The van der Waals surface area contributed by atoms with E-state index in [-0.39, 0.29) is 0 Å². The van der Waals surface area contributed by atoms with Gasteiger partial charge in [-0.15, -0.1) is 0 Å². The highest BCUT2D eigenvalue weighted by atomic mass is 16.5. The Morgan fingerprint density at radius 2 is 2.04 bits per heavy atom. The summed E-state index contributed by atoms with van der Waals surface area (Å²) in [6.07, 6.45) is 7.37. The molecular weight excluding hydrogens is 290 g/mol. The van der Waals surface area contributed by atoms with Gasteiger partial charge in [-0.3, -0.25) is 4.99 Å². The maximum absolute atomic E-state index is 5.12. The Balaban J connectivity index is 1.77. The molecule has 2 rings (SSSR count). The normalized spacial score (nSPS) is 17.7. The molecule has 1 heterocycles. The molecular formula is C17H31N5O. The first-order valence-corrected chi connectivity index (χ1v) is 8.77. The van der Waals surface area contributed by atoms with Gasteiger partial charge in [0.25, 0.3) is 0 Å². The van der Waals surface area contributed by atoms with Crippen molar-refractivity contribution in [1.29, 1.82) is 0 Å². The van der Waals surface area contributed by atoms with E-state index in [2.05, 4.69) is 39.6 Å². The zero-order valence-electron chi connectivity index (χ0n) is 15.0. The average molecular weight is 321 g/mol.